The zero-order valence-electron chi connectivity index (χ0n) is 19.6. The van der Waals surface area contributed by atoms with Gasteiger partial charge in [0.15, 0.2) is 8.32 Å². The van der Waals surface area contributed by atoms with Gasteiger partial charge < -0.3 is 9.53 Å². The molecule has 0 aliphatic heterocycles. The van der Waals surface area contributed by atoms with E-state index in [1.807, 2.05) is 0 Å². The highest BCUT2D eigenvalue weighted by atomic mass is 28.4. The van der Waals surface area contributed by atoms with Gasteiger partial charge in [0.25, 0.3) is 0 Å². The summed E-state index contributed by atoms with van der Waals surface area (Å²) in [6.45, 7) is 12.3. The van der Waals surface area contributed by atoms with Gasteiger partial charge in [0.05, 0.1) is 12.2 Å². The van der Waals surface area contributed by atoms with Crippen molar-refractivity contribution in [3.63, 3.8) is 0 Å². The fourth-order valence-corrected chi connectivity index (χ4v) is 9.77. The van der Waals surface area contributed by atoms with Gasteiger partial charge in [-0.05, 0) is 98.0 Å². The average Bonchev–Trinajstić information content (AvgIpc) is 3.19. The fourth-order valence-electron chi connectivity index (χ4n) is 8.29. The summed E-state index contributed by atoms with van der Waals surface area (Å²) in [6, 6.07) is 6.82. The maximum Gasteiger partial charge on any atom is 0.184 e. The monoisotopic (exact) mass is 424 g/mol. The molecule has 0 heterocycles. The van der Waals surface area contributed by atoms with E-state index in [0.29, 0.717) is 11.8 Å². The summed E-state index contributed by atoms with van der Waals surface area (Å²) in [6.07, 6.45) is 12.5. The highest BCUT2D eigenvalue weighted by molar-refractivity contribution is 6.69. The molecule has 2 fully saturated rings. The van der Waals surface area contributed by atoms with Crippen LogP contribution in [0.4, 0.5) is 0 Å². The molecule has 3 heteroatoms. The Hall–Kier alpha value is -0.903. The first kappa shape index (κ1) is 21.0. The molecule has 0 amide bonds. The predicted molar refractivity (Wildman–Crippen MR) is 126 cm³/mol. The van der Waals surface area contributed by atoms with E-state index in [1.54, 1.807) is 5.56 Å². The second-order valence-corrected chi connectivity index (χ2v) is 16.3. The van der Waals surface area contributed by atoms with E-state index in [4.69, 9.17) is 4.43 Å². The number of rotatable bonds is 4. The molecule has 0 spiro atoms. The molecule has 3 unspecified atom stereocenters. The fraction of sp³-hybridized carbons (Fsp3) is 0.704. The first-order valence-corrected chi connectivity index (χ1v) is 15.7. The lowest BCUT2D eigenvalue weighted by molar-refractivity contribution is -0.0792. The van der Waals surface area contributed by atoms with Gasteiger partial charge in [-0.2, -0.15) is 0 Å². The average molecular weight is 425 g/mol. The lowest BCUT2D eigenvalue weighted by atomic mass is 9.50. The molecule has 4 aliphatic carbocycles. The van der Waals surface area contributed by atoms with Crippen LogP contribution in [0, 0.1) is 29.1 Å². The largest absolute Gasteiger partial charge is 0.408 e. The number of benzene rings is 1. The molecule has 5 rings (SSSR count). The van der Waals surface area contributed by atoms with Gasteiger partial charge in [0, 0.05) is 5.41 Å². The molecule has 0 aromatic heterocycles. The third-order valence-corrected chi connectivity index (χ3v) is 10.3. The van der Waals surface area contributed by atoms with Gasteiger partial charge >= 0.3 is 0 Å². The van der Waals surface area contributed by atoms with Gasteiger partial charge in [-0.25, -0.2) is 0 Å². The Kier molecular flexibility index (Phi) is 4.93. The van der Waals surface area contributed by atoms with Gasteiger partial charge in [-0.1, -0.05) is 50.6 Å². The minimum atomic E-state index is -1.65. The maximum atomic E-state index is 9.65. The first-order chi connectivity index (χ1) is 14.2. The molecule has 1 aromatic carbocycles. The molecule has 0 bridgehead atoms. The minimum Gasteiger partial charge on any atom is -0.408 e. The number of aliphatic hydroxyl groups excluding tert-OH is 1. The number of hydrogen-bond acceptors (Lipinski definition) is 2. The van der Waals surface area contributed by atoms with Crippen LogP contribution in [0.3, 0.4) is 0 Å². The second kappa shape index (κ2) is 7.05. The Labute approximate surface area is 184 Å². The topological polar surface area (TPSA) is 29.5 Å². The summed E-state index contributed by atoms with van der Waals surface area (Å²) in [4.78, 5) is 0. The van der Waals surface area contributed by atoms with Crippen molar-refractivity contribution in [1.82, 2.24) is 0 Å². The quantitative estimate of drug-likeness (QED) is 0.445. The normalized spacial score (nSPS) is 41.9. The van der Waals surface area contributed by atoms with Crippen molar-refractivity contribution in [3.05, 3.63) is 47.0 Å². The Morgan fingerprint density at radius 1 is 1.23 bits per heavy atom. The van der Waals surface area contributed by atoms with E-state index in [-0.39, 0.29) is 17.6 Å². The molecular weight excluding hydrogens is 384 g/mol. The summed E-state index contributed by atoms with van der Waals surface area (Å²) >= 11 is 0. The van der Waals surface area contributed by atoms with E-state index in [0.717, 1.165) is 23.3 Å². The van der Waals surface area contributed by atoms with Crippen LogP contribution in [-0.4, -0.2) is 19.0 Å². The molecular formula is C27H40O2Si. The highest BCUT2D eigenvalue weighted by Gasteiger charge is 2.68. The number of fused-ring (bicyclic) bond motifs is 7. The van der Waals surface area contributed by atoms with Crippen LogP contribution in [-0.2, 0) is 17.5 Å². The number of hydrogen-bond donors (Lipinski definition) is 1. The molecule has 2 nitrogen and oxygen atoms in total. The molecule has 1 aromatic rings. The molecule has 2 saturated carbocycles. The molecule has 4 aliphatic rings. The summed E-state index contributed by atoms with van der Waals surface area (Å²) in [7, 11) is -1.65. The molecule has 164 valence electrons. The van der Waals surface area contributed by atoms with Gasteiger partial charge in [-0.3, -0.25) is 0 Å². The highest BCUT2D eigenvalue weighted by Crippen LogP contribution is 2.70. The van der Waals surface area contributed by atoms with Crippen LogP contribution in [0.15, 0.2) is 30.4 Å². The zero-order chi connectivity index (χ0) is 21.3. The molecule has 30 heavy (non-hydrogen) atoms. The first-order valence-electron chi connectivity index (χ1n) is 12.3. The van der Waals surface area contributed by atoms with E-state index < -0.39 is 8.32 Å². The molecule has 0 saturated heterocycles. The van der Waals surface area contributed by atoms with E-state index >= 15 is 0 Å². The molecule has 1 N–H and O–H groups in total. The standard InChI is InChI=1S/C27H40O2Si/c1-6-19-15-20-14-18(17-28)9-10-22(20)23-11-13-26(2)24(25(19)23)16-21-8-7-12-27(21,26)29-30(3,4)5/h7,9-10,12,14,19,21,23-25,28H,6,8,11,13,15-17H2,1-5H3/t19-,21-,23?,24?,25?,26+,27+/m1/s1. The molecule has 0 radical (unpaired) electrons. The van der Waals surface area contributed by atoms with Crippen LogP contribution in [0.2, 0.25) is 19.6 Å². The van der Waals surface area contributed by atoms with Crippen LogP contribution in [0.1, 0.15) is 68.6 Å². The van der Waals surface area contributed by atoms with Crippen LogP contribution in [0.5, 0.6) is 0 Å². The number of aliphatic hydroxyl groups is 1. The zero-order valence-corrected chi connectivity index (χ0v) is 20.6. The lowest BCUT2D eigenvalue weighted by Gasteiger charge is -2.57. The van der Waals surface area contributed by atoms with Crippen molar-refractivity contribution in [2.45, 2.75) is 90.1 Å². The summed E-state index contributed by atoms with van der Waals surface area (Å²) in [5.74, 6) is 3.67. The minimum absolute atomic E-state index is 0.0214. The lowest BCUT2D eigenvalue weighted by Crippen LogP contribution is -2.56. The van der Waals surface area contributed by atoms with Crippen molar-refractivity contribution in [2.24, 2.45) is 29.1 Å². The summed E-state index contributed by atoms with van der Waals surface area (Å²) < 4.78 is 7.16. The van der Waals surface area contributed by atoms with Gasteiger partial charge in [0.1, 0.15) is 0 Å². The third kappa shape index (κ3) is 2.88. The Balaban J connectivity index is 1.56. The smallest absolute Gasteiger partial charge is 0.184 e. The van der Waals surface area contributed by atoms with Crippen molar-refractivity contribution in [3.8, 4) is 0 Å². The summed E-state index contributed by atoms with van der Waals surface area (Å²) in [5, 5.41) is 9.65. The maximum absolute atomic E-state index is 9.65. The van der Waals surface area contributed by atoms with Crippen molar-refractivity contribution in [2.75, 3.05) is 0 Å². The summed E-state index contributed by atoms with van der Waals surface area (Å²) in [5.41, 5.74) is 4.43. The van der Waals surface area contributed by atoms with Crippen LogP contribution < -0.4 is 0 Å². The van der Waals surface area contributed by atoms with E-state index in [1.165, 1.54) is 44.1 Å². The predicted octanol–water partition coefficient (Wildman–Crippen LogP) is 6.45. The van der Waals surface area contributed by atoms with Gasteiger partial charge in [0.2, 0.25) is 0 Å². The Bertz CT molecular complexity index is 855. The molecule has 7 atom stereocenters. The Morgan fingerprint density at radius 2 is 2.03 bits per heavy atom. The van der Waals surface area contributed by atoms with Crippen LogP contribution in [0.25, 0.3) is 0 Å². The third-order valence-electron chi connectivity index (χ3n) is 9.36. The van der Waals surface area contributed by atoms with E-state index in [2.05, 4.69) is 63.8 Å². The van der Waals surface area contributed by atoms with Crippen molar-refractivity contribution >= 4 is 8.32 Å². The van der Waals surface area contributed by atoms with Crippen molar-refractivity contribution < 1.29 is 9.53 Å². The number of allylic oxidation sites excluding steroid dienone is 1. The van der Waals surface area contributed by atoms with Crippen LogP contribution >= 0.6 is 0 Å². The second-order valence-electron chi connectivity index (χ2n) is 11.9. The Morgan fingerprint density at radius 3 is 2.73 bits per heavy atom. The van der Waals surface area contributed by atoms with Gasteiger partial charge in [-0.15, -0.1) is 0 Å². The SMILES string of the molecule is CC[C@@H]1Cc2cc(CO)ccc2C2CC[C@@]3(C)C(C[C@H]4CC=C[C@]43O[Si](C)(C)C)C21. The van der Waals surface area contributed by atoms with Crippen molar-refractivity contribution in [1.29, 1.82) is 0 Å². The van der Waals surface area contributed by atoms with E-state index in [9.17, 15) is 5.11 Å².